The zero-order valence-corrected chi connectivity index (χ0v) is 16.3. The molecule has 150 valence electrons. The third-order valence-electron chi connectivity index (χ3n) is 4.02. The fourth-order valence-electron chi connectivity index (χ4n) is 2.62. The average Bonchev–Trinajstić information content (AvgIpc) is 3.15. The van der Waals surface area contributed by atoms with Gasteiger partial charge < -0.3 is 14.5 Å². The standard InChI is InChI=1S/C20H18N2O6S/c1-13(17-10-14-6-2-4-8-16(14)28-17)21-19(23)11-27-20(24)12-29-18-9-5-3-7-15(18)22(25)26/h2-10,13H,11-12H2,1H3,(H,21,23)/t13-/m1/s1. The maximum absolute atomic E-state index is 12.0. The van der Waals surface area contributed by atoms with Crippen molar-refractivity contribution in [3.05, 3.63) is 70.5 Å². The third kappa shape index (κ3) is 5.35. The first-order chi connectivity index (χ1) is 13.9. The van der Waals surface area contributed by atoms with Crippen molar-refractivity contribution in [1.29, 1.82) is 0 Å². The van der Waals surface area contributed by atoms with Crippen molar-refractivity contribution >= 4 is 40.3 Å². The lowest BCUT2D eigenvalue weighted by Crippen LogP contribution is -2.31. The molecule has 1 N–H and O–H groups in total. The number of nitro groups is 1. The molecule has 2 aromatic carbocycles. The van der Waals surface area contributed by atoms with E-state index in [2.05, 4.69) is 5.32 Å². The Morgan fingerprint density at radius 2 is 1.93 bits per heavy atom. The molecule has 0 aliphatic heterocycles. The zero-order valence-electron chi connectivity index (χ0n) is 15.5. The van der Waals surface area contributed by atoms with Gasteiger partial charge in [-0.05, 0) is 25.1 Å². The number of hydrogen-bond acceptors (Lipinski definition) is 7. The fraction of sp³-hybridized carbons (Fsp3) is 0.200. The van der Waals surface area contributed by atoms with Gasteiger partial charge in [0.1, 0.15) is 11.3 Å². The van der Waals surface area contributed by atoms with Crippen molar-refractivity contribution < 1.29 is 23.7 Å². The van der Waals surface area contributed by atoms with E-state index in [1.165, 1.54) is 6.07 Å². The Balaban J connectivity index is 1.46. The summed E-state index contributed by atoms with van der Waals surface area (Å²) in [6.07, 6.45) is 0. The van der Waals surface area contributed by atoms with E-state index >= 15 is 0 Å². The molecule has 0 aliphatic rings. The van der Waals surface area contributed by atoms with Gasteiger partial charge in [0.15, 0.2) is 6.61 Å². The molecule has 0 aliphatic carbocycles. The van der Waals surface area contributed by atoms with E-state index in [-0.39, 0.29) is 11.4 Å². The van der Waals surface area contributed by atoms with E-state index in [4.69, 9.17) is 9.15 Å². The fourth-order valence-corrected chi connectivity index (χ4v) is 3.45. The van der Waals surface area contributed by atoms with Crippen LogP contribution in [0.15, 0.2) is 63.9 Å². The Bertz CT molecular complexity index is 1020. The number of esters is 1. The number of hydrogen-bond donors (Lipinski definition) is 1. The molecule has 29 heavy (non-hydrogen) atoms. The van der Waals surface area contributed by atoms with Gasteiger partial charge in [0.25, 0.3) is 11.6 Å². The summed E-state index contributed by atoms with van der Waals surface area (Å²) < 4.78 is 10.6. The van der Waals surface area contributed by atoms with E-state index in [1.54, 1.807) is 25.1 Å². The third-order valence-corrected chi connectivity index (χ3v) is 5.06. The Morgan fingerprint density at radius 1 is 1.21 bits per heavy atom. The number of nitrogens with zero attached hydrogens (tertiary/aromatic N) is 1. The van der Waals surface area contributed by atoms with Gasteiger partial charge in [-0.1, -0.05) is 30.3 Å². The highest BCUT2D eigenvalue weighted by Crippen LogP contribution is 2.28. The number of para-hydroxylation sites is 2. The van der Waals surface area contributed by atoms with Crippen molar-refractivity contribution in [2.24, 2.45) is 0 Å². The summed E-state index contributed by atoms with van der Waals surface area (Å²) >= 11 is 0.985. The molecular formula is C20H18N2O6S. The first-order valence-electron chi connectivity index (χ1n) is 8.73. The molecule has 0 saturated carbocycles. The molecular weight excluding hydrogens is 396 g/mol. The smallest absolute Gasteiger partial charge is 0.316 e. The number of nitrogens with one attached hydrogen (secondary N) is 1. The van der Waals surface area contributed by atoms with Gasteiger partial charge in [-0.15, -0.1) is 11.8 Å². The van der Waals surface area contributed by atoms with E-state index in [1.807, 2.05) is 30.3 Å². The van der Waals surface area contributed by atoms with Crippen LogP contribution in [-0.2, 0) is 14.3 Å². The maximum atomic E-state index is 12.0. The van der Waals surface area contributed by atoms with Gasteiger partial charge in [0, 0.05) is 11.5 Å². The van der Waals surface area contributed by atoms with Crippen molar-refractivity contribution in [3.8, 4) is 0 Å². The molecule has 3 rings (SSSR count). The Hall–Kier alpha value is -3.33. The second-order valence-electron chi connectivity index (χ2n) is 6.15. The van der Waals surface area contributed by atoms with Gasteiger partial charge in [0.2, 0.25) is 0 Å². The quantitative estimate of drug-likeness (QED) is 0.258. The van der Waals surface area contributed by atoms with Crippen LogP contribution < -0.4 is 5.32 Å². The molecule has 0 saturated heterocycles. The summed E-state index contributed by atoms with van der Waals surface area (Å²) in [5.74, 6) is -0.656. The number of carbonyl (C=O) groups is 2. The molecule has 0 bridgehead atoms. The van der Waals surface area contributed by atoms with Crippen LogP contribution >= 0.6 is 11.8 Å². The van der Waals surface area contributed by atoms with Crippen LogP contribution in [0.2, 0.25) is 0 Å². The molecule has 1 heterocycles. The topological polar surface area (TPSA) is 112 Å². The highest BCUT2D eigenvalue weighted by Gasteiger charge is 2.17. The summed E-state index contributed by atoms with van der Waals surface area (Å²) in [4.78, 5) is 34.7. The van der Waals surface area contributed by atoms with Crippen LogP contribution in [0.25, 0.3) is 11.0 Å². The van der Waals surface area contributed by atoms with E-state index in [0.717, 1.165) is 22.7 Å². The van der Waals surface area contributed by atoms with Crippen LogP contribution in [0.5, 0.6) is 0 Å². The first kappa shape index (κ1) is 20.4. The van der Waals surface area contributed by atoms with Crippen LogP contribution in [0.4, 0.5) is 5.69 Å². The van der Waals surface area contributed by atoms with Gasteiger partial charge >= 0.3 is 5.97 Å². The summed E-state index contributed by atoms with van der Waals surface area (Å²) in [7, 11) is 0. The number of nitro benzene ring substituents is 1. The molecule has 3 aromatic rings. The SMILES string of the molecule is C[C@@H](NC(=O)COC(=O)CSc1ccccc1[N+](=O)[O-])c1cc2ccccc2o1. The first-order valence-corrected chi connectivity index (χ1v) is 9.72. The molecule has 9 heteroatoms. The highest BCUT2D eigenvalue weighted by atomic mass is 32.2. The number of benzene rings is 2. The summed E-state index contributed by atoms with van der Waals surface area (Å²) in [6, 6.07) is 15.1. The molecule has 1 amide bonds. The van der Waals surface area contributed by atoms with E-state index < -0.39 is 29.4 Å². The lowest BCUT2D eigenvalue weighted by molar-refractivity contribution is -0.387. The minimum atomic E-state index is -0.639. The van der Waals surface area contributed by atoms with E-state index in [0.29, 0.717) is 10.7 Å². The number of carbonyl (C=O) groups excluding carboxylic acids is 2. The molecule has 0 radical (unpaired) electrons. The van der Waals surface area contributed by atoms with Crippen molar-refractivity contribution in [1.82, 2.24) is 5.32 Å². The van der Waals surface area contributed by atoms with Gasteiger partial charge in [0.05, 0.1) is 21.6 Å². The summed E-state index contributed by atoms with van der Waals surface area (Å²) in [6.45, 7) is 1.32. The van der Waals surface area contributed by atoms with Gasteiger partial charge in [-0.2, -0.15) is 0 Å². The van der Waals surface area contributed by atoms with Crippen LogP contribution in [0.3, 0.4) is 0 Å². The molecule has 0 spiro atoms. The number of thioether (sulfide) groups is 1. The van der Waals surface area contributed by atoms with Crippen molar-refractivity contribution in [3.63, 3.8) is 0 Å². The van der Waals surface area contributed by atoms with Gasteiger partial charge in [-0.25, -0.2) is 0 Å². The molecule has 8 nitrogen and oxygen atoms in total. The minimum absolute atomic E-state index is 0.0808. The highest BCUT2D eigenvalue weighted by molar-refractivity contribution is 8.00. The molecule has 0 fully saturated rings. The number of fused-ring (bicyclic) bond motifs is 1. The second-order valence-corrected chi connectivity index (χ2v) is 7.17. The number of rotatable bonds is 8. The monoisotopic (exact) mass is 414 g/mol. The van der Waals surface area contributed by atoms with E-state index in [9.17, 15) is 19.7 Å². The lowest BCUT2D eigenvalue weighted by atomic mass is 10.2. The van der Waals surface area contributed by atoms with Crippen LogP contribution in [0, 0.1) is 10.1 Å². The Labute approximate surface area is 170 Å². The molecule has 1 atom stereocenters. The zero-order chi connectivity index (χ0) is 20.8. The Kier molecular flexibility index (Phi) is 6.50. The minimum Gasteiger partial charge on any atom is -0.459 e. The number of amides is 1. The number of ether oxygens (including phenoxy) is 1. The maximum Gasteiger partial charge on any atom is 0.316 e. The summed E-state index contributed by atoms with van der Waals surface area (Å²) in [5.41, 5.74) is 0.643. The molecule has 0 unspecified atom stereocenters. The Morgan fingerprint density at radius 3 is 2.69 bits per heavy atom. The lowest BCUT2D eigenvalue weighted by Gasteiger charge is -2.11. The van der Waals surface area contributed by atoms with Crippen LogP contribution in [-0.4, -0.2) is 29.2 Å². The van der Waals surface area contributed by atoms with Gasteiger partial charge in [-0.3, -0.25) is 19.7 Å². The molecule has 1 aromatic heterocycles. The van der Waals surface area contributed by atoms with Crippen molar-refractivity contribution in [2.75, 3.05) is 12.4 Å². The summed E-state index contributed by atoms with van der Waals surface area (Å²) in [5, 5.41) is 14.6. The predicted molar refractivity (Wildman–Crippen MR) is 108 cm³/mol. The van der Waals surface area contributed by atoms with Crippen LogP contribution in [0.1, 0.15) is 18.7 Å². The normalized spacial score (nSPS) is 11.8. The number of furan rings is 1. The van der Waals surface area contributed by atoms with Crippen molar-refractivity contribution in [2.45, 2.75) is 17.9 Å². The average molecular weight is 414 g/mol. The predicted octanol–water partition coefficient (Wildman–Crippen LogP) is 3.85. The second kappa shape index (κ2) is 9.24. The largest absolute Gasteiger partial charge is 0.459 e.